The highest BCUT2D eigenvalue weighted by Crippen LogP contribution is 2.16. The summed E-state index contributed by atoms with van der Waals surface area (Å²) in [4.78, 5) is 3.95. The Labute approximate surface area is 108 Å². The molecule has 0 unspecified atom stereocenters. The van der Waals surface area contributed by atoms with Crippen LogP contribution in [-0.2, 0) is 13.1 Å². The highest BCUT2D eigenvalue weighted by atomic mass is 79.9. The van der Waals surface area contributed by atoms with Crippen LogP contribution >= 0.6 is 15.9 Å². The van der Waals surface area contributed by atoms with E-state index in [-0.39, 0.29) is 5.82 Å². The van der Waals surface area contributed by atoms with E-state index in [0.29, 0.717) is 11.0 Å². The molecule has 1 aromatic heterocycles. The van der Waals surface area contributed by atoms with Crippen LogP contribution in [0.5, 0.6) is 0 Å². The normalized spacial score (nSPS) is 10.5. The summed E-state index contributed by atoms with van der Waals surface area (Å²) < 4.78 is 13.7. The second-order valence-corrected chi connectivity index (χ2v) is 4.56. The first kappa shape index (κ1) is 12.2. The fraction of sp³-hybridized carbons (Fsp3) is 0.154. The van der Waals surface area contributed by atoms with Crippen molar-refractivity contribution < 1.29 is 4.39 Å². The smallest absolute Gasteiger partial charge is 0.137 e. The quantitative estimate of drug-likeness (QED) is 0.936. The van der Waals surface area contributed by atoms with Crippen molar-refractivity contribution in [1.29, 1.82) is 0 Å². The van der Waals surface area contributed by atoms with Gasteiger partial charge in [0.1, 0.15) is 5.82 Å². The van der Waals surface area contributed by atoms with Crippen molar-refractivity contribution in [2.75, 3.05) is 0 Å². The summed E-state index contributed by atoms with van der Waals surface area (Å²) in [6, 6.07) is 9.06. The number of nitrogens with one attached hydrogen (secondary N) is 1. The van der Waals surface area contributed by atoms with Gasteiger partial charge in [-0.25, -0.2) is 4.39 Å². The third kappa shape index (κ3) is 3.61. The average Bonchev–Trinajstić information content (AvgIpc) is 2.35. The van der Waals surface area contributed by atoms with E-state index in [1.165, 1.54) is 6.07 Å². The zero-order valence-electron chi connectivity index (χ0n) is 9.16. The maximum atomic E-state index is 13.2. The number of hydrogen-bond acceptors (Lipinski definition) is 2. The zero-order chi connectivity index (χ0) is 12.1. The summed E-state index contributed by atoms with van der Waals surface area (Å²) in [7, 11) is 0. The Morgan fingerprint density at radius 3 is 2.47 bits per heavy atom. The number of aromatic nitrogens is 1. The molecule has 2 aromatic rings. The Morgan fingerprint density at radius 1 is 1.06 bits per heavy atom. The molecule has 4 heteroatoms. The van der Waals surface area contributed by atoms with Crippen molar-refractivity contribution in [2.24, 2.45) is 0 Å². The van der Waals surface area contributed by atoms with Crippen LogP contribution in [0.15, 0.2) is 47.2 Å². The van der Waals surface area contributed by atoms with E-state index in [2.05, 4.69) is 26.2 Å². The number of pyridine rings is 1. The standard InChI is InChI=1S/C13H12BrFN2/c14-12-2-1-11(7-13(12)15)9-17-8-10-3-5-16-6-4-10/h1-7,17H,8-9H2. The summed E-state index contributed by atoms with van der Waals surface area (Å²) in [6.07, 6.45) is 3.52. The van der Waals surface area contributed by atoms with Crippen LogP contribution in [-0.4, -0.2) is 4.98 Å². The first-order chi connectivity index (χ1) is 8.25. The Morgan fingerprint density at radius 2 is 1.76 bits per heavy atom. The Balaban J connectivity index is 1.88. The topological polar surface area (TPSA) is 24.9 Å². The largest absolute Gasteiger partial charge is 0.309 e. The highest BCUT2D eigenvalue weighted by Gasteiger charge is 2.00. The van der Waals surface area contributed by atoms with Crippen molar-refractivity contribution in [3.05, 3.63) is 64.1 Å². The molecule has 0 aliphatic carbocycles. The lowest BCUT2D eigenvalue weighted by Crippen LogP contribution is -2.12. The van der Waals surface area contributed by atoms with Gasteiger partial charge in [-0.15, -0.1) is 0 Å². The molecule has 0 bridgehead atoms. The van der Waals surface area contributed by atoms with Crippen molar-refractivity contribution >= 4 is 15.9 Å². The summed E-state index contributed by atoms with van der Waals surface area (Å²) >= 11 is 3.13. The molecule has 0 fully saturated rings. The monoisotopic (exact) mass is 294 g/mol. The molecule has 0 amide bonds. The fourth-order valence-electron chi connectivity index (χ4n) is 1.50. The Kier molecular flexibility index (Phi) is 4.23. The number of halogens is 2. The molecule has 2 nitrogen and oxygen atoms in total. The van der Waals surface area contributed by atoms with Crippen LogP contribution in [0.4, 0.5) is 4.39 Å². The molecule has 0 saturated heterocycles. The van der Waals surface area contributed by atoms with Gasteiger partial charge in [-0.05, 0) is 51.3 Å². The van der Waals surface area contributed by atoms with Crippen LogP contribution in [0, 0.1) is 5.82 Å². The van der Waals surface area contributed by atoms with Crippen molar-refractivity contribution in [3.63, 3.8) is 0 Å². The molecule has 0 aliphatic rings. The third-order valence-electron chi connectivity index (χ3n) is 2.39. The van der Waals surface area contributed by atoms with Gasteiger partial charge in [-0.3, -0.25) is 4.98 Å². The van der Waals surface area contributed by atoms with Crippen LogP contribution in [0.25, 0.3) is 0 Å². The molecule has 0 saturated carbocycles. The summed E-state index contributed by atoms with van der Waals surface area (Å²) in [5.74, 6) is -0.229. The number of benzene rings is 1. The van der Waals surface area contributed by atoms with Gasteiger partial charge in [-0.2, -0.15) is 0 Å². The van der Waals surface area contributed by atoms with E-state index in [1.54, 1.807) is 18.5 Å². The maximum absolute atomic E-state index is 13.2. The molecule has 17 heavy (non-hydrogen) atoms. The summed E-state index contributed by atoms with van der Waals surface area (Å²) in [5.41, 5.74) is 2.09. The predicted octanol–water partition coefficient (Wildman–Crippen LogP) is 3.27. The average molecular weight is 295 g/mol. The molecule has 1 N–H and O–H groups in total. The molecule has 0 radical (unpaired) electrons. The maximum Gasteiger partial charge on any atom is 0.137 e. The minimum absolute atomic E-state index is 0.229. The van der Waals surface area contributed by atoms with Gasteiger partial charge in [0.15, 0.2) is 0 Å². The first-order valence-electron chi connectivity index (χ1n) is 5.29. The molecule has 88 valence electrons. The van der Waals surface area contributed by atoms with Gasteiger partial charge >= 0.3 is 0 Å². The van der Waals surface area contributed by atoms with E-state index in [0.717, 1.165) is 17.7 Å². The van der Waals surface area contributed by atoms with E-state index in [9.17, 15) is 4.39 Å². The molecular weight excluding hydrogens is 283 g/mol. The molecule has 0 aliphatic heterocycles. The molecule has 0 atom stereocenters. The van der Waals surface area contributed by atoms with Gasteiger partial charge in [0, 0.05) is 25.5 Å². The molecule has 2 rings (SSSR count). The van der Waals surface area contributed by atoms with Gasteiger partial charge < -0.3 is 5.32 Å². The van der Waals surface area contributed by atoms with Crippen LogP contribution in [0.1, 0.15) is 11.1 Å². The van der Waals surface area contributed by atoms with Crippen LogP contribution in [0.3, 0.4) is 0 Å². The van der Waals surface area contributed by atoms with Gasteiger partial charge in [-0.1, -0.05) is 6.07 Å². The van der Waals surface area contributed by atoms with E-state index < -0.39 is 0 Å². The summed E-state index contributed by atoms with van der Waals surface area (Å²) in [6.45, 7) is 1.40. The summed E-state index contributed by atoms with van der Waals surface area (Å²) in [5, 5.41) is 3.25. The fourth-order valence-corrected chi connectivity index (χ4v) is 1.75. The second kappa shape index (κ2) is 5.89. The van der Waals surface area contributed by atoms with E-state index in [1.807, 2.05) is 18.2 Å². The Hall–Kier alpha value is -1.26. The van der Waals surface area contributed by atoms with Crippen LogP contribution < -0.4 is 5.32 Å². The SMILES string of the molecule is Fc1cc(CNCc2ccncc2)ccc1Br. The van der Waals surface area contributed by atoms with Gasteiger partial charge in [0.25, 0.3) is 0 Å². The lowest BCUT2D eigenvalue weighted by Gasteiger charge is -2.05. The van der Waals surface area contributed by atoms with Gasteiger partial charge in [0.2, 0.25) is 0 Å². The molecular formula is C13H12BrFN2. The second-order valence-electron chi connectivity index (χ2n) is 3.71. The third-order valence-corrected chi connectivity index (χ3v) is 3.03. The minimum atomic E-state index is -0.229. The molecule has 0 spiro atoms. The van der Waals surface area contributed by atoms with Crippen molar-refractivity contribution in [3.8, 4) is 0 Å². The number of hydrogen-bond donors (Lipinski definition) is 1. The van der Waals surface area contributed by atoms with Crippen molar-refractivity contribution in [1.82, 2.24) is 10.3 Å². The van der Waals surface area contributed by atoms with E-state index in [4.69, 9.17) is 0 Å². The number of nitrogens with zero attached hydrogens (tertiary/aromatic N) is 1. The Bertz CT molecular complexity index is 488. The van der Waals surface area contributed by atoms with Crippen LogP contribution in [0.2, 0.25) is 0 Å². The lowest BCUT2D eigenvalue weighted by atomic mass is 10.2. The van der Waals surface area contributed by atoms with E-state index >= 15 is 0 Å². The molecule has 1 heterocycles. The highest BCUT2D eigenvalue weighted by molar-refractivity contribution is 9.10. The zero-order valence-corrected chi connectivity index (χ0v) is 10.7. The van der Waals surface area contributed by atoms with Crippen molar-refractivity contribution in [2.45, 2.75) is 13.1 Å². The lowest BCUT2D eigenvalue weighted by molar-refractivity contribution is 0.614. The minimum Gasteiger partial charge on any atom is -0.309 e. The predicted molar refractivity (Wildman–Crippen MR) is 68.9 cm³/mol. The first-order valence-corrected chi connectivity index (χ1v) is 6.08. The number of rotatable bonds is 4. The molecule has 1 aromatic carbocycles. The van der Waals surface area contributed by atoms with Gasteiger partial charge in [0.05, 0.1) is 4.47 Å².